The van der Waals surface area contributed by atoms with E-state index in [9.17, 15) is 4.79 Å². The first-order valence-electron chi connectivity index (χ1n) is 8.16. The minimum atomic E-state index is -0.0348. The average Bonchev–Trinajstić information content (AvgIpc) is 3.03. The molecule has 2 heterocycles. The van der Waals surface area contributed by atoms with Crippen LogP contribution >= 0.6 is 0 Å². The van der Waals surface area contributed by atoms with Gasteiger partial charge in [0.25, 0.3) is 5.91 Å². The number of rotatable bonds is 6. The van der Waals surface area contributed by atoms with Gasteiger partial charge in [-0.1, -0.05) is 18.2 Å². The summed E-state index contributed by atoms with van der Waals surface area (Å²) in [6.07, 6.45) is 3.78. The Balaban J connectivity index is 1.87. The first-order chi connectivity index (χ1) is 11.7. The Kier molecular flexibility index (Phi) is 4.79. The first kappa shape index (κ1) is 16.1. The van der Waals surface area contributed by atoms with Crippen LogP contribution in [0.1, 0.15) is 29.9 Å². The number of hydrogen-bond donors (Lipinski definition) is 0. The van der Waals surface area contributed by atoms with E-state index in [4.69, 9.17) is 4.74 Å². The van der Waals surface area contributed by atoms with Gasteiger partial charge in [-0.05, 0) is 38.1 Å². The molecule has 1 aromatic carbocycles. The van der Waals surface area contributed by atoms with Gasteiger partial charge < -0.3 is 14.0 Å². The zero-order valence-corrected chi connectivity index (χ0v) is 14.0. The average molecular weight is 323 g/mol. The molecular formula is C19H21N3O2. The molecule has 1 amide bonds. The number of pyridine rings is 1. The number of benzene rings is 1. The van der Waals surface area contributed by atoms with Crippen LogP contribution in [-0.2, 0) is 6.54 Å². The fourth-order valence-electron chi connectivity index (χ4n) is 2.72. The predicted molar refractivity (Wildman–Crippen MR) is 93.2 cm³/mol. The fraction of sp³-hybridized carbons (Fsp3) is 0.263. The Morgan fingerprint density at radius 3 is 2.75 bits per heavy atom. The second kappa shape index (κ2) is 7.17. The SMILES string of the molecule is CCOc1ccccc1C(=O)N(CC)Cc1cnc2ccccn12. The molecule has 124 valence electrons. The van der Waals surface area contributed by atoms with Crippen LogP contribution in [0.2, 0.25) is 0 Å². The number of hydrogen-bond acceptors (Lipinski definition) is 3. The Labute approximate surface area is 141 Å². The largest absolute Gasteiger partial charge is 0.493 e. The second-order valence-electron chi connectivity index (χ2n) is 5.43. The normalized spacial score (nSPS) is 10.8. The lowest BCUT2D eigenvalue weighted by molar-refractivity contribution is 0.0746. The summed E-state index contributed by atoms with van der Waals surface area (Å²) in [5.74, 6) is 0.592. The topological polar surface area (TPSA) is 46.8 Å². The van der Waals surface area contributed by atoms with Crippen molar-refractivity contribution in [1.82, 2.24) is 14.3 Å². The third kappa shape index (κ3) is 3.11. The Morgan fingerprint density at radius 2 is 1.96 bits per heavy atom. The van der Waals surface area contributed by atoms with E-state index in [1.165, 1.54) is 0 Å². The first-order valence-corrected chi connectivity index (χ1v) is 8.16. The summed E-state index contributed by atoms with van der Waals surface area (Å²) in [5.41, 5.74) is 2.45. The molecule has 2 aromatic heterocycles. The Hall–Kier alpha value is -2.82. The molecule has 0 aliphatic carbocycles. The molecule has 3 rings (SSSR count). The van der Waals surface area contributed by atoms with Gasteiger partial charge in [-0.15, -0.1) is 0 Å². The van der Waals surface area contributed by atoms with Gasteiger partial charge in [0.15, 0.2) is 0 Å². The van der Waals surface area contributed by atoms with Crippen LogP contribution in [0, 0.1) is 0 Å². The highest BCUT2D eigenvalue weighted by Crippen LogP contribution is 2.21. The lowest BCUT2D eigenvalue weighted by atomic mass is 10.1. The summed E-state index contributed by atoms with van der Waals surface area (Å²) in [6, 6.07) is 13.2. The Morgan fingerprint density at radius 1 is 1.17 bits per heavy atom. The van der Waals surface area contributed by atoms with E-state index in [0.29, 0.717) is 31.0 Å². The lowest BCUT2D eigenvalue weighted by Crippen LogP contribution is -2.31. The highest BCUT2D eigenvalue weighted by molar-refractivity contribution is 5.96. The van der Waals surface area contributed by atoms with Gasteiger partial charge in [0.2, 0.25) is 0 Å². The number of nitrogens with zero attached hydrogens (tertiary/aromatic N) is 3. The summed E-state index contributed by atoms with van der Waals surface area (Å²) in [6.45, 7) is 5.53. The van der Waals surface area contributed by atoms with Crippen LogP contribution in [0.4, 0.5) is 0 Å². The monoisotopic (exact) mass is 323 g/mol. The molecular weight excluding hydrogens is 302 g/mol. The van der Waals surface area contributed by atoms with Crippen LogP contribution in [0.15, 0.2) is 54.9 Å². The van der Waals surface area contributed by atoms with Crippen LogP contribution in [0.5, 0.6) is 5.75 Å². The molecule has 0 spiro atoms. The third-order valence-corrected chi connectivity index (χ3v) is 3.93. The lowest BCUT2D eigenvalue weighted by Gasteiger charge is -2.22. The highest BCUT2D eigenvalue weighted by Gasteiger charge is 2.19. The zero-order chi connectivity index (χ0) is 16.9. The van der Waals surface area contributed by atoms with Crippen molar-refractivity contribution < 1.29 is 9.53 Å². The van der Waals surface area contributed by atoms with E-state index < -0.39 is 0 Å². The van der Waals surface area contributed by atoms with E-state index in [1.54, 1.807) is 4.90 Å². The van der Waals surface area contributed by atoms with Gasteiger partial charge in [-0.3, -0.25) is 4.79 Å². The van der Waals surface area contributed by atoms with Crippen LogP contribution in [0.3, 0.4) is 0 Å². The standard InChI is InChI=1S/C19H21N3O2/c1-3-21(14-15-13-20-18-11-7-8-12-22(15)18)19(23)16-9-5-6-10-17(16)24-4-2/h5-13H,3-4,14H2,1-2H3. The molecule has 0 atom stereocenters. The van der Waals surface area contributed by atoms with Crippen molar-refractivity contribution in [3.8, 4) is 5.75 Å². The number of aromatic nitrogens is 2. The number of para-hydroxylation sites is 1. The maximum Gasteiger partial charge on any atom is 0.257 e. The molecule has 0 saturated heterocycles. The predicted octanol–water partition coefficient (Wildman–Crippen LogP) is 3.40. The van der Waals surface area contributed by atoms with Gasteiger partial charge in [0.1, 0.15) is 11.4 Å². The van der Waals surface area contributed by atoms with Crippen LogP contribution in [0.25, 0.3) is 5.65 Å². The second-order valence-corrected chi connectivity index (χ2v) is 5.43. The molecule has 0 aliphatic rings. The quantitative estimate of drug-likeness (QED) is 0.698. The molecule has 5 nitrogen and oxygen atoms in total. The maximum absolute atomic E-state index is 13.0. The van der Waals surface area contributed by atoms with Gasteiger partial charge in [0, 0.05) is 12.7 Å². The van der Waals surface area contributed by atoms with Crippen molar-refractivity contribution in [2.75, 3.05) is 13.2 Å². The summed E-state index contributed by atoms with van der Waals surface area (Å²) in [7, 11) is 0. The van der Waals surface area contributed by atoms with Crippen molar-refractivity contribution >= 4 is 11.6 Å². The van der Waals surface area contributed by atoms with Gasteiger partial charge in [-0.25, -0.2) is 4.98 Å². The molecule has 0 aliphatic heterocycles. The van der Waals surface area contributed by atoms with Gasteiger partial charge >= 0.3 is 0 Å². The highest BCUT2D eigenvalue weighted by atomic mass is 16.5. The molecule has 0 bridgehead atoms. The summed E-state index contributed by atoms with van der Waals surface area (Å²) in [5, 5.41) is 0. The van der Waals surface area contributed by atoms with E-state index in [-0.39, 0.29) is 5.91 Å². The number of fused-ring (bicyclic) bond motifs is 1. The van der Waals surface area contributed by atoms with Crippen molar-refractivity contribution in [3.63, 3.8) is 0 Å². The molecule has 5 heteroatoms. The fourth-order valence-corrected chi connectivity index (χ4v) is 2.72. The smallest absolute Gasteiger partial charge is 0.257 e. The number of imidazole rings is 1. The third-order valence-electron chi connectivity index (χ3n) is 3.93. The Bertz CT molecular complexity index is 841. The molecule has 3 aromatic rings. The minimum Gasteiger partial charge on any atom is -0.493 e. The molecule has 24 heavy (non-hydrogen) atoms. The molecule has 0 N–H and O–H groups in total. The van der Waals surface area contributed by atoms with E-state index in [0.717, 1.165) is 11.3 Å². The van der Waals surface area contributed by atoms with Gasteiger partial charge in [-0.2, -0.15) is 0 Å². The van der Waals surface area contributed by atoms with E-state index in [2.05, 4.69) is 4.98 Å². The van der Waals surface area contributed by atoms with Crippen molar-refractivity contribution in [2.24, 2.45) is 0 Å². The number of ether oxygens (including phenoxy) is 1. The summed E-state index contributed by atoms with van der Waals surface area (Å²) < 4.78 is 7.60. The van der Waals surface area contributed by atoms with Crippen LogP contribution in [-0.4, -0.2) is 33.3 Å². The van der Waals surface area contributed by atoms with E-state index >= 15 is 0 Å². The van der Waals surface area contributed by atoms with Crippen molar-refractivity contribution in [2.45, 2.75) is 20.4 Å². The molecule has 0 saturated carbocycles. The summed E-state index contributed by atoms with van der Waals surface area (Å²) in [4.78, 5) is 19.1. The number of carbonyl (C=O) groups excluding carboxylic acids is 1. The molecule has 0 fully saturated rings. The van der Waals surface area contributed by atoms with Gasteiger partial charge in [0.05, 0.1) is 30.6 Å². The number of amides is 1. The molecule has 0 radical (unpaired) electrons. The van der Waals surface area contributed by atoms with E-state index in [1.807, 2.05) is 73.1 Å². The van der Waals surface area contributed by atoms with Crippen molar-refractivity contribution in [3.05, 3.63) is 66.1 Å². The zero-order valence-electron chi connectivity index (χ0n) is 14.0. The van der Waals surface area contributed by atoms with Crippen LogP contribution < -0.4 is 4.74 Å². The number of carbonyl (C=O) groups is 1. The van der Waals surface area contributed by atoms with Crippen molar-refractivity contribution in [1.29, 1.82) is 0 Å². The summed E-state index contributed by atoms with van der Waals surface area (Å²) >= 11 is 0. The minimum absolute atomic E-state index is 0.0348. The maximum atomic E-state index is 13.0. The molecule has 0 unspecified atom stereocenters.